The van der Waals surface area contributed by atoms with E-state index in [0.29, 0.717) is 0 Å². The highest BCUT2D eigenvalue weighted by atomic mass is 32.2. The Balaban J connectivity index is 2.16. The lowest BCUT2D eigenvalue weighted by atomic mass is 9.96. The summed E-state index contributed by atoms with van der Waals surface area (Å²) in [6, 6.07) is 5.44. The Hall–Kier alpha value is -1.84. The topological polar surface area (TPSA) is 101 Å². The van der Waals surface area contributed by atoms with Crippen molar-refractivity contribution in [2.75, 3.05) is 5.32 Å². The van der Waals surface area contributed by atoms with Gasteiger partial charge in [-0.3, -0.25) is 4.79 Å². The van der Waals surface area contributed by atoms with Crippen LogP contribution in [0.1, 0.15) is 50.4 Å². The highest BCUT2D eigenvalue weighted by Gasteiger charge is 2.26. The fourth-order valence-corrected chi connectivity index (χ4v) is 4.45. The van der Waals surface area contributed by atoms with Gasteiger partial charge in [-0.1, -0.05) is 55.9 Å². The minimum Gasteiger partial charge on any atom is -0.300 e. The number of benzene rings is 1. The Kier molecular flexibility index (Phi) is 5.84. The van der Waals surface area contributed by atoms with Gasteiger partial charge in [0.15, 0.2) is 0 Å². The lowest BCUT2D eigenvalue weighted by Crippen LogP contribution is -2.27. The van der Waals surface area contributed by atoms with Crippen LogP contribution in [0.15, 0.2) is 22.5 Å². The number of aromatic nitrogens is 2. The number of anilines is 1. The second-order valence-electron chi connectivity index (χ2n) is 7.28. The number of aryl methyl sites for hydroxylation is 2. The van der Waals surface area contributed by atoms with Crippen molar-refractivity contribution in [1.29, 1.82) is 0 Å². The predicted octanol–water partition coefficient (Wildman–Crippen LogP) is 3.18. The maximum Gasteiger partial charge on any atom is 0.270 e. The van der Waals surface area contributed by atoms with E-state index in [-0.39, 0.29) is 15.4 Å². The summed E-state index contributed by atoms with van der Waals surface area (Å²) in [7, 11) is -3.84. The molecule has 9 heteroatoms. The lowest BCUT2D eigenvalue weighted by Gasteiger charge is -2.16. The average molecular weight is 397 g/mol. The first-order valence-electron chi connectivity index (χ1n) is 8.14. The Morgan fingerprint density at radius 1 is 1.19 bits per heavy atom. The summed E-state index contributed by atoms with van der Waals surface area (Å²) < 4.78 is 27.6. The second-order valence-corrected chi connectivity index (χ2v) is 10.1. The van der Waals surface area contributed by atoms with Crippen LogP contribution < -0.4 is 10.0 Å². The third-order valence-electron chi connectivity index (χ3n) is 3.76. The Morgan fingerprint density at radius 2 is 1.85 bits per heavy atom. The van der Waals surface area contributed by atoms with Crippen LogP contribution in [-0.4, -0.2) is 24.5 Å². The van der Waals surface area contributed by atoms with Crippen LogP contribution in [0.4, 0.5) is 5.13 Å². The lowest BCUT2D eigenvalue weighted by molar-refractivity contribution is -0.123. The molecule has 0 aliphatic carbocycles. The first-order valence-corrected chi connectivity index (χ1v) is 10.4. The summed E-state index contributed by atoms with van der Waals surface area (Å²) in [6.45, 7) is 11.0. The molecule has 2 rings (SSSR count). The highest BCUT2D eigenvalue weighted by Crippen LogP contribution is 2.25. The van der Waals surface area contributed by atoms with Gasteiger partial charge < -0.3 is 5.32 Å². The molecule has 7 nitrogen and oxygen atoms in total. The van der Waals surface area contributed by atoms with Crippen LogP contribution in [0.5, 0.6) is 0 Å². The van der Waals surface area contributed by atoms with Crippen molar-refractivity contribution < 1.29 is 13.2 Å². The van der Waals surface area contributed by atoms with E-state index in [1.807, 2.05) is 32.0 Å². The Morgan fingerprint density at radius 3 is 2.42 bits per heavy atom. The molecule has 1 aromatic carbocycles. The summed E-state index contributed by atoms with van der Waals surface area (Å²) in [5.74, 6) is -0.255. The van der Waals surface area contributed by atoms with Crippen molar-refractivity contribution in [3.8, 4) is 0 Å². The average Bonchev–Trinajstić information content (AvgIpc) is 2.95. The molecule has 0 radical (unpaired) electrons. The van der Waals surface area contributed by atoms with Crippen molar-refractivity contribution in [1.82, 2.24) is 14.9 Å². The highest BCUT2D eigenvalue weighted by molar-refractivity contribution is 7.91. The maximum absolute atomic E-state index is 12.6. The molecule has 142 valence electrons. The number of hydrogen-bond acceptors (Lipinski definition) is 6. The zero-order chi connectivity index (χ0) is 19.7. The molecule has 1 atom stereocenters. The summed E-state index contributed by atoms with van der Waals surface area (Å²) in [6.07, 6.45) is 0. The summed E-state index contributed by atoms with van der Waals surface area (Å²) in [5, 5.41) is 10.2. The minimum absolute atomic E-state index is 0.157. The van der Waals surface area contributed by atoms with Crippen LogP contribution in [0.25, 0.3) is 0 Å². The van der Waals surface area contributed by atoms with Gasteiger partial charge >= 0.3 is 0 Å². The van der Waals surface area contributed by atoms with E-state index in [1.54, 1.807) is 27.7 Å². The number of amides is 1. The van der Waals surface area contributed by atoms with Gasteiger partial charge in [-0.25, -0.2) is 13.1 Å². The fourth-order valence-electron chi connectivity index (χ4n) is 2.31. The normalized spacial score (nSPS) is 13.5. The minimum atomic E-state index is -3.84. The molecule has 0 fully saturated rings. The first-order chi connectivity index (χ1) is 11.9. The molecule has 0 aliphatic rings. The molecule has 0 saturated heterocycles. The molecule has 1 amide bonds. The molecule has 1 heterocycles. The standard InChI is InChI=1S/C17H24N4O3S2/c1-10-7-8-13(11(2)9-10)12(3)21-26(23,24)16-20-19-15(25-16)18-14(22)17(4,5)6/h7-9,12,21H,1-6H3,(H,18,19,22)/t12-/m0/s1. The zero-order valence-electron chi connectivity index (χ0n) is 15.7. The molecule has 1 aromatic heterocycles. The van der Waals surface area contributed by atoms with Gasteiger partial charge in [0.2, 0.25) is 15.4 Å². The number of nitrogens with zero attached hydrogens (tertiary/aromatic N) is 2. The molecular formula is C17H24N4O3S2. The van der Waals surface area contributed by atoms with E-state index in [0.717, 1.165) is 28.0 Å². The van der Waals surface area contributed by atoms with Crippen LogP contribution in [0.2, 0.25) is 0 Å². The van der Waals surface area contributed by atoms with Crippen molar-refractivity contribution >= 4 is 32.4 Å². The van der Waals surface area contributed by atoms with Crippen molar-refractivity contribution in [2.45, 2.75) is 51.9 Å². The Bertz CT molecular complexity index is 914. The Labute approximate surface area is 158 Å². The SMILES string of the molecule is Cc1ccc([C@H](C)NS(=O)(=O)c2nnc(NC(=O)C(C)(C)C)s2)c(C)c1. The van der Waals surface area contributed by atoms with Crippen LogP contribution in [-0.2, 0) is 14.8 Å². The summed E-state index contributed by atoms with van der Waals surface area (Å²) in [4.78, 5) is 12.0. The van der Waals surface area contributed by atoms with Gasteiger partial charge in [-0.05, 0) is 31.9 Å². The van der Waals surface area contributed by atoms with Crippen LogP contribution >= 0.6 is 11.3 Å². The number of rotatable bonds is 5. The fraction of sp³-hybridized carbons (Fsp3) is 0.471. The van der Waals surface area contributed by atoms with Gasteiger partial charge in [-0.2, -0.15) is 0 Å². The molecule has 0 aliphatic heterocycles. The number of carbonyl (C=O) groups excluding carboxylic acids is 1. The largest absolute Gasteiger partial charge is 0.300 e. The quantitative estimate of drug-likeness (QED) is 0.756. The maximum atomic E-state index is 12.6. The van der Waals surface area contributed by atoms with Gasteiger partial charge in [-0.15, -0.1) is 10.2 Å². The van der Waals surface area contributed by atoms with E-state index in [1.165, 1.54) is 0 Å². The van der Waals surface area contributed by atoms with Gasteiger partial charge in [0.25, 0.3) is 10.0 Å². The summed E-state index contributed by atoms with van der Waals surface area (Å²) >= 11 is 0.823. The number of hydrogen-bond donors (Lipinski definition) is 2. The monoisotopic (exact) mass is 396 g/mol. The van der Waals surface area contributed by atoms with E-state index >= 15 is 0 Å². The molecule has 2 N–H and O–H groups in total. The number of sulfonamides is 1. The molecule has 0 spiro atoms. The van der Waals surface area contributed by atoms with Crippen molar-refractivity contribution in [3.05, 3.63) is 34.9 Å². The molecule has 0 unspecified atom stereocenters. The van der Waals surface area contributed by atoms with Gasteiger partial charge in [0.05, 0.1) is 0 Å². The number of nitrogens with one attached hydrogen (secondary N) is 2. The molecule has 0 bridgehead atoms. The van der Waals surface area contributed by atoms with E-state index in [2.05, 4.69) is 20.2 Å². The van der Waals surface area contributed by atoms with E-state index in [9.17, 15) is 13.2 Å². The molecule has 26 heavy (non-hydrogen) atoms. The second kappa shape index (κ2) is 7.42. The molecular weight excluding hydrogens is 372 g/mol. The van der Waals surface area contributed by atoms with Gasteiger partial charge in [0.1, 0.15) is 0 Å². The third-order valence-corrected chi connectivity index (χ3v) is 6.51. The van der Waals surface area contributed by atoms with Crippen molar-refractivity contribution in [2.24, 2.45) is 5.41 Å². The van der Waals surface area contributed by atoms with E-state index < -0.39 is 21.5 Å². The number of carbonyl (C=O) groups is 1. The van der Waals surface area contributed by atoms with Gasteiger partial charge in [0, 0.05) is 11.5 Å². The first kappa shape index (κ1) is 20.5. The van der Waals surface area contributed by atoms with Crippen molar-refractivity contribution in [3.63, 3.8) is 0 Å². The predicted molar refractivity (Wildman–Crippen MR) is 103 cm³/mol. The zero-order valence-corrected chi connectivity index (χ0v) is 17.4. The smallest absolute Gasteiger partial charge is 0.270 e. The van der Waals surface area contributed by atoms with Crippen LogP contribution in [0, 0.1) is 19.3 Å². The molecule has 2 aromatic rings. The van der Waals surface area contributed by atoms with Crippen LogP contribution in [0.3, 0.4) is 0 Å². The molecule has 0 saturated carbocycles. The summed E-state index contributed by atoms with van der Waals surface area (Å²) in [5.41, 5.74) is 2.41. The third kappa shape index (κ3) is 4.87. The van der Waals surface area contributed by atoms with E-state index in [4.69, 9.17) is 0 Å².